The van der Waals surface area contributed by atoms with Crippen LogP contribution in [0.3, 0.4) is 0 Å². The standard InChI is InChI=1S/C35H37Cl2N3O5S/c1-4-25(2)38-35(42)33(21-26-12-7-5-8-13-26)39(23-27-14-11-15-29(20-27)45-3)34(41)24-40(28-18-19-31(36)32(37)22-28)46(43,44)30-16-9-6-10-17-30/h5-20,22,25,33H,4,21,23-24H2,1-3H3,(H,38,42)/t25-,33+/m1/s1. The minimum atomic E-state index is -4.26. The van der Waals surface area contributed by atoms with E-state index in [1.165, 1.54) is 35.2 Å². The molecule has 0 saturated carbocycles. The molecule has 0 heterocycles. The van der Waals surface area contributed by atoms with Gasteiger partial charge >= 0.3 is 0 Å². The monoisotopic (exact) mass is 681 g/mol. The lowest BCUT2D eigenvalue weighted by atomic mass is 10.0. The summed E-state index contributed by atoms with van der Waals surface area (Å²) in [6, 6.07) is 27.6. The number of carbonyl (C=O) groups excluding carboxylic acids is 2. The third-order valence-corrected chi connectivity index (χ3v) is 10.1. The molecule has 2 amide bonds. The minimum Gasteiger partial charge on any atom is -0.497 e. The maximum Gasteiger partial charge on any atom is 0.264 e. The molecule has 0 aliphatic heterocycles. The average molecular weight is 683 g/mol. The summed E-state index contributed by atoms with van der Waals surface area (Å²) in [5.41, 5.74) is 1.69. The SMILES string of the molecule is CC[C@@H](C)NC(=O)[C@H](Cc1ccccc1)N(Cc1cccc(OC)c1)C(=O)CN(c1ccc(Cl)c(Cl)c1)S(=O)(=O)c1ccccc1. The van der Waals surface area contributed by atoms with Crippen molar-refractivity contribution in [2.24, 2.45) is 0 Å². The van der Waals surface area contributed by atoms with Crippen LogP contribution in [-0.4, -0.2) is 50.9 Å². The van der Waals surface area contributed by atoms with Crippen LogP contribution >= 0.6 is 23.2 Å². The number of methoxy groups -OCH3 is 1. The second-order valence-electron chi connectivity index (χ2n) is 10.8. The zero-order valence-electron chi connectivity index (χ0n) is 25.9. The van der Waals surface area contributed by atoms with Gasteiger partial charge in [-0.2, -0.15) is 0 Å². The Labute approximate surface area is 280 Å². The molecule has 0 spiro atoms. The van der Waals surface area contributed by atoms with Crippen molar-refractivity contribution >= 4 is 50.7 Å². The zero-order valence-corrected chi connectivity index (χ0v) is 28.2. The van der Waals surface area contributed by atoms with Gasteiger partial charge in [-0.3, -0.25) is 13.9 Å². The summed E-state index contributed by atoms with van der Waals surface area (Å²) in [4.78, 5) is 29.9. The normalized spacial score (nSPS) is 12.5. The summed E-state index contributed by atoms with van der Waals surface area (Å²) in [6.45, 7) is 3.26. The molecule has 4 aromatic carbocycles. The number of sulfonamides is 1. The molecule has 2 atom stereocenters. The maximum absolute atomic E-state index is 14.6. The number of nitrogens with one attached hydrogen (secondary N) is 1. The van der Waals surface area contributed by atoms with E-state index in [9.17, 15) is 18.0 Å². The van der Waals surface area contributed by atoms with E-state index in [2.05, 4.69) is 5.32 Å². The van der Waals surface area contributed by atoms with Gasteiger partial charge in [-0.25, -0.2) is 8.42 Å². The Kier molecular flexibility index (Phi) is 12.1. The first-order valence-electron chi connectivity index (χ1n) is 14.8. The molecule has 242 valence electrons. The van der Waals surface area contributed by atoms with Crippen molar-refractivity contribution in [2.75, 3.05) is 18.0 Å². The first-order chi connectivity index (χ1) is 22.0. The smallest absolute Gasteiger partial charge is 0.264 e. The second-order valence-corrected chi connectivity index (χ2v) is 13.5. The highest BCUT2D eigenvalue weighted by Crippen LogP contribution is 2.31. The molecule has 0 unspecified atom stereocenters. The second kappa shape index (κ2) is 16.0. The predicted octanol–water partition coefficient (Wildman–Crippen LogP) is 6.75. The van der Waals surface area contributed by atoms with Crippen LogP contribution in [0.15, 0.2) is 108 Å². The van der Waals surface area contributed by atoms with Crippen molar-refractivity contribution in [3.8, 4) is 5.75 Å². The van der Waals surface area contributed by atoms with E-state index in [1.807, 2.05) is 50.2 Å². The van der Waals surface area contributed by atoms with E-state index in [0.717, 1.165) is 9.87 Å². The van der Waals surface area contributed by atoms with Crippen LogP contribution in [0.4, 0.5) is 5.69 Å². The van der Waals surface area contributed by atoms with Crippen molar-refractivity contribution in [1.82, 2.24) is 10.2 Å². The number of benzene rings is 4. The largest absolute Gasteiger partial charge is 0.497 e. The molecule has 0 aromatic heterocycles. The molecule has 4 rings (SSSR count). The predicted molar refractivity (Wildman–Crippen MR) is 183 cm³/mol. The van der Waals surface area contributed by atoms with Gasteiger partial charge in [0.15, 0.2) is 0 Å². The van der Waals surface area contributed by atoms with Gasteiger partial charge in [-0.05, 0) is 66.9 Å². The molecule has 0 fully saturated rings. The van der Waals surface area contributed by atoms with Crippen molar-refractivity contribution < 1.29 is 22.7 Å². The van der Waals surface area contributed by atoms with Gasteiger partial charge in [-0.15, -0.1) is 0 Å². The molecule has 0 saturated heterocycles. The Balaban J connectivity index is 1.83. The van der Waals surface area contributed by atoms with Crippen LogP contribution in [0.25, 0.3) is 0 Å². The lowest BCUT2D eigenvalue weighted by Gasteiger charge is -2.34. The number of anilines is 1. The van der Waals surface area contributed by atoms with Gasteiger partial charge < -0.3 is 15.0 Å². The Morgan fingerprint density at radius 2 is 1.50 bits per heavy atom. The van der Waals surface area contributed by atoms with Crippen LogP contribution in [0.5, 0.6) is 5.75 Å². The number of hydrogen-bond donors (Lipinski definition) is 1. The summed E-state index contributed by atoms with van der Waals surface area (Å²) in [6.07, 6.45) is 0.894. The van der Waals surface area contributed by atoms with E-state index in [1.54, 1.807) is 43.5 Å². The fraction of sp³-hybridized carbons (Fsp3) is 0.257. The molecule has 11 heteroatoms. The lowest BCUT2D eigenvalue weighted by molar-refractivity contribution is -0.140. The molecule has 1 N–H and O–H groups in total. The van der Waals surface area contributed by atoms with Gasteiger partial charge in [0.2, 0.25) is 11.8 Å². The minimum absolute atomic E-state index is 0.0106. The topological polar surface area (TPSA) is 96.0 Å². The molecular formula is C35H37Cl2N3O5S. The third-order valence-electron chi connectivity index (χ3n) is 7.56. The van der Waals surface area contributed by atoms with Crippen LogP contribution in [0.2, 0.25) is 10.0 Å². The van der Waals surface area contributed by atoms with Crippen molar-refractivity contribution in [3.05, 3.63) is 124 Å². The van der Waals surface area contributed by atoms with Gasteiger partial charge in [0.25, 0.3) is 10.0 Å². The summed E-state index contributed by atoms with van der Waals surface area (Å²) < 4.78 is 34.6. The number of halogens is 2. The quantitative estimate of drug-likeness (QED) is 0.159. The first kappa shape index (κ1) is 34.8. The molecule has 4 aromatic rings. The van der Waals surface area contributed by atoms with Crippen molar-refractivity contribution in [2.45, 2.75) is 50.2 Å². The molecule has 0 bridgehead atoms. The van der Waals surface area contributed by atoms with Crippen molar-refractivity contribution in [1.29, 1.82) is 0 Å². The van der Waals surface area contributed by atoms with E-state index < -0.39 is 28.5 Å². The zero-order chi connectivity index (χ0) is 33.3. The third kappa shape index (κ3) is 8.81. The fourth-order valence-corrected chi connectivity index (χ4v) is 6.57. The number of rotatable bonds is 14. The molecule has 8 nitrogen and oxygen atoms in total. The Morgan fingerprint density at radius 3 is 2.13 bits per heavy atom. The Hall–Kier alpha value is -4.05. The molecule has 0 aliphatic carbocycles. The summed E-state index contributed by atoms with van der Waals surface area (Å²) >= 11 is 12.5. The van der Waals surface area contributed by atoms with Gasteiger partial charge in [0.05, 0.1) is 27.7 Å². The first-order valence-corrected chi connectivity index (χ1v) is 17.0. The van der Waals surface area contributed by atoms with Crippen molar-refractivity contribution in [3.63, 3.8) is 0 Å². The number of carbonyl (C=O) groups is 2. The van der Waals surface area contributed by atoms with Gasteiger partial charge in [0.1, 0.15) is 18.3 Å². The number of ether oxygens (including phenoxy) is 1. The highest BCUT2D eigenvalue weighted by atomic mass is 35.5. The van der Waals surface area contributed by atoms with Crippen LogP contribution in [0, 0.1) is 0 Å². The van der Waals surface area contributed by atoms with Gasteiger partial charge in [-0.1, -0.05) is 90.8 Å². The number of amides is 2. The fourth-order valence-electron chi connectivity index (χ4n) is 4.85. The molecular weight excluding hydrogens is 645 g/mol. The Morgan fingerprint density at radius 1 is 0.848 bits per heavy atom. The van der Waals surface area contributed by atoms with Crippen LogP contribution < -0.4 is 14.4 Å². The molecule has 0 radical (unpaired) electrons. The van der Waals surface area contributed by atoms with E-state index >= 15 is 0 Å². The average Bonchev–Trinajstić information content (AvgIpc) is 3.07. The number of nitrogens with zero attached hydrogens (tertiary/aromatic N) is 2. The highest BCUT2D eigenvalue weighted by molar-refractivity contribution is 7.92. The number of hydrogen-bond acceptors (Lipinski definition) is 5. The van der Waals surface area contributed by atoms with Crippen LogP contribution in [-0.2, 0) is 32.6 Å². The molecule has 46 heavy (non-hydrogen) atoms. The van der Waals surface area contributed by atoms with E-state index in [-0.39, 0.29) is 45.5 Å². The lowest BCUT2D eigenvalue weighted by Crippen LogP contribution is -2.54. The summed E-state index contributed by atoms with van der Waals surface area (Å²) in [5, 5.41) is 3.39. The maximum atomic E-state index is 14.6. The Bertz CT molecular complexity index is 1740. The van der Waals surface area contributed by atoms with E-state index in [4.69, 9.17) is 27.9 Å². The molecule has 0 aliphatic rings. The highest BCUT2D eigenvalue weighted by Gasteiger charge is 2.35. The van der Waals surface area contributed by atoms with Crippen LogP contribution in [0.1, 0.15) is 31.4 Å². The summed E-state index contributed by atoms with van der Waals surface area (Å²) in [5.74, 6) is -0.354. The van der Waals surface area contributed by atoms with Gasteiger partial charge in [0, 0.05) is 19.0 Å². The van der Waals surface area contributed by atoms with E-state index in [0.29, 0.717) is 17.7 Å². The summed E-state index contributed by atoms with van der Waals surface area (Å²) in [7, 11) is -2.72.